The van der Waals surface area contributed by atoms with E-state index in [2.05, 4.69) is 24.2 Å². The molecule has 1 aromatic carbocycles. The Morgan fingerprint density at radius 2 is 2.00 bits per heavy atom. The van der Waals surface area contributed by atoms with E-state index in [1.54, 1.807) is 0 Å². The molecule has 0 spiro atoms. The van der Waals surface area contributed by atoms with Crippen LogP contribution in [0.25, 0.3) is 0 Å². The molecule has 0 amide bonds. The summed E-state index contributed by atoms with van der Waals surface area (Å²) in [6.07, 6.45) is 2.50. The number of hydrogen-bond donors (Lipinski definition) is 2. The number of phenolic OH excluding ortho intramolecular Hbond substituents is 1. The van der Waals surface area contributed by atoms with E-state index in [0.717, 1.165) is 17.2 Å². The first kappa shape index (κ1) is 13.2. The van der Waals surface area contributed by atoms with Crippen molar-refractivity contribution in [1.82, 2.24) is 4.90 Å². The number of benzene rings is 1. The monoisotopic (exact) mass is 248 g/mol. The van der Waals surface area contributed by atoms with Gasteiger partial charge in [-0.1, -0.05) is 6.07 Å². The van der Waals surface area contributed by atoms with Crippen molar-refractivity contribution in [2.75, 3.05) is 25.5 Å². The van der Waals surface area contributed by atoms with Crippen LogP contribution in [0.4, 0.5) is 5.69 Å². The van der Waals surface area contributed by atoms with E-state index in [0.29, 0.717) is 11.8 Å². The minimum atomic E-state index is 0.371. The van der Waals surface area contributed by atoms with Crippen LogP contribution in [0.3, 0.4) is 0 Å². The molecule has 1 saturated heterocycles. The van der Waals surface area contributed by atoms with Crippen LogP contribution in [0.1, 0.15) is 25.3 Å². The normalized spacial score (nSPS) is 19.7. The molecular formula is C15H24N2O. The molecular weight excluding hydrogens is 224 g/mol. The molecule has 2 rings (SSSR count). The number of hydrogen-bond acceptors (Lipinski definition) is 3. The van der Waals surface area contributed by atoms with E-state index in [-0.39, 0.29) is 0 Å². The topological polar surface area (TPSA) is 35.5 Å². The highest BCUT2D eigenvalue weighted by atomic mass is 16.3. The largest absolute Gasteiger partial charge is 0.508 e. The Bertz CT molecular complexity index is 397. The van der Waals surface area contributed by atoms with Gasteiger partial charge in [-0.2, -0.15) is 0 Å². The number of phenols is 1. The summed E-state index contributed by atoms with van der Waals surface area (Å²) in [5.74, 6) is 1.10. The summed E-state index contributed by atoms with van der Waals surface area (Å²) in [4.78, 5) is 2.39. The molecule has 0 aliphatic carbocycles. The Hall–Kier alpha value is -1.22. The number of aromatic hydroxyl groups is 1. The molecule has 1 atom stereocenters. The van der Waals surface area contributed by atoms with Crippen LogP contribution in [0.15, 0.2) is 18.2 Å². The molecule has 1 fully saturated rings. The molecule has 0 bridgehead atoms. The molecule has 2 N–H and O–H groups in total. The van der Waals surface area contributed by atoms with Crippen molar-refractivity contribution in [3.8, 4) is 5.75 Å². The molecule has 1 aliphatic rings. The average Bonchev–Trinajstić information content (AvgIpc) is 2.34. The number of nitrogens with zero attached hydrogens (tertiary/aromatic N) is 1. The first-order valence-corrected chi connectivity index (χ1v) is 6.81. The number of rotatable bonds is 3. The maximum absolute atomic E-state index is 9.71. The lowest BCUT2D eigenvalue weighted by molar-refractivity contribution is 0.208. The molecule has 1 heterocycles. The van der Waals surface area contributed by atoms with Crippen molar-refractivity contribution in [2.24, 2.45) is 5.92 Å². The smallest absolute Gasteiger partial charge is 0.120 e. The summed E-state index contributed by atoms with van der Waals surface area (Å²) in [6.45, 7) is 6.54. The van der Waals surface area contributed by atoms with Crippen LogP contribution in [0.2, 0.25) is 0 Å². The summed E-state index contributed by atoms with van der Waals surface area (Å²) in [7, 11) is 2.19. The third kappa shape index (κ3) is 3.16. The molecule has 18 heavy (non-hydrogen) atoms. The Balaban J connectivity index is 1.94. The fourth-order valence-electron chi connectivity index (χ4n) is 2.61. The van der Waals surface area contributed by atoms with Crippen molar-refractivity contribution in [3.05, 3.63) is 23.8 Å². The minimum absolute atomic E-state index is 0.371. The summed E-state index contributed by atoms with van der Waals surface area (Å²) in [6, 6.07) is 6.28. The first-order chi connectivity index (χ1) is 8.56. The number of aryl methyl sites for hydroxylation is 1. The van der Waals surface area contributed by atoms with Gasteiger partial charge in [0, 0.05) is 17.8 Å². The highest BCUT2D eigenvalue weighted by Crippen LogP contribution is 2.25. The molecule has 0 aromatic heterocycles. The Morgan fingerprint density at radius 1 is 1.33 bits per heavy atom. The molecule has 3 nitrogen and oxygen atoms in total. The zero-order valence-corrected chi connectivity index (χ0v) is 11.6. The predicted molar refractivity (Wildman–Crippen MR) is 76.1 cm³/mol. The standard InChI is InChI=1S/C15H24N2O/c1-11-4-5-14(10-15(11)18)16-12(2)13-6-8-17(3)9-7-13/h4-5,10,12-13,16,18H,6-9H2,1-3H3. The second kappa shape index (κ2) is 5.61. The van der Waals surface area contributed by atoms with E-state index in [4.69, 9.17) is 0 Å². The highest BCUT2D eigenvalue weighted by Gasteiger charge is 2.22. The van der Waals surface area contributed by atoms with Crippen molar-refractivity contribution < 1.29 is 5.11 Å². The highest BCUT2D eigenvalue weighted by molar-refractivity contribution is 5.51. The molecule has 3 heteroatoms. The van der Waals surface area contributed by atoms with Gasteiger partial charge in [-0.05, 0) is 64.4 Å². The van der Waals surface area contributed by atoms with Crippen molar-refractivity contribution in [2.45, 2.75) is 32.7 Å². The van der Waals surface area contributed by atoms with Crippen molar-refractivity contribution >= 4 is 5.69 Å². The van der Waals surface area contributed by atoms with Gasteiger partial charge in [0.2, 0.25) is 0 Å². The van der Waals surface area contributed by atoms with Crippen LogP contribution in [-0.4, -0.2) is 36.2 Å². The Kier molecular flexibility index (Phi) is 4.12. The zero-order chi connectivity index (χ0) is 13.1. The van der Waals surface area contributed by atoms with Crippen LogP contribution >= 0.6 is 0 Å². The van der Waals surface area contributed by atoms with Gasteiger partial charge < -0.3 is 15.3 Å². The lowest BCUT2D eigenvalue weighted by atomic mass is 9.90. The molecule has 100 valence electrons. The number of nitrogens with one attached hydrogen (secondary N) is 1. The lowest BCUT2D eigenvalue weighted by Crippen LogP contribution is -2.37. The van der Waals surface area contributed by atoms with Crippen LogP contribution in [0.5, 0.6) is 5.75 Å². The molecule has 1 aliphatic heterocycles. The zero-order valence-electron chi connectivity index (χ0n) is 11.6. The lowest BCUT2D eigenvalue weighted by Gasteiger charge is -2.33. The van der Waals surface area contributed by atoms with Gasteiger partial charge in [-0.25, -0.2) is 0 Å². The second-order valence-corrected chi connectivity index (χ2v) is 5.57. The number of likely N-dealkylation sites (tertiary alicyclic amines) is 1. The first-order valence-electron chi connectivity index (χ1n) is 6.81. The molecule has 0 radical (unpaired) electrons. The second-order valence-electron chi connectivity index (χ2n) is 5.57. The van der Waals surface area contributed by atoms with E-state index >= 15 is 0 Å². The van der Waals surface area contributed by atoms with E-state index in [1.807, 2.05) is 25.1 Å². The SMILES string of the molecule is Cc1ccc(NC(C)C2CCN(C)CC2)cc1O. The summed E-state index contributed by atoms with van der Waals surface area (Å²) < 4.78 is 0. The molecule has 1 aromatic rings. The van der Waals surface area contributed by atoms with Gasteiger partial charge in [-0.15, -0.1) is 0 Å². The number of anilines is 1. The maximum Gasteiger partial charge on any atom is 0.120 e. The van der Waals surface area contributed by atoms with Crippen molar-refractivity contribution in [3.63, 3.8) is 0 Å². The fraction of sp³-hybridized carbons (Fsp3) is 0.600. The van der Waals surface area contributed by atoms with Crippen LogP contribution in [-0.2, 0) is 0 Å². The van der Waals surface area contributed by atoms with Gasteiger partial charge in [0.05, 0.1) is 0 Å². The molecule has 0 saturated carbocycles. The van der Waals surface area contributed by atoms with E-state index in [9.17, 15) is 5.11 Å². The number of piperidine rings is 1. The quantitative estimate of drug-likeness (QED) is 0.863. The van der Waals surface area contributed by atoms with Crippen LogP contribution < -0.4 is 5.32 Å². The Morgan fingerprint density at radius 3 is 2.61 bits per heavy atom. The summed E-state index contributed by atoms with van der Waals surface area (Å²) >= 11 is 0. The van der Waals surface area contributed by atoms with Crippen molar-refractivity contribution in [1.29, 1.82) is 0 Å². The maximum atomic E-state index is 9.71. The van der Waals surface area contributed by atoms with E-state index in [1.165, 1.54) is 25.9 Å². The van der Waals surface area contributed by atoms with Gasteiger partial charge >= 0.3 is 0 Å². The van der Waals surface area contributed by atoms with Gasteiger partial charge in [0.15, 0.2) is 0 Å². The third-order valence-electron chi connectivity index (χ3n) is 4.07. The van der Waals surface area contributed by atoms with Gasteiger partial charge in [0.1, 0.15) is 5.75 Å². The predicted octanol–water partition coefficient (Wildman–Crippen LogP) is 2.84. The summed E-state index contributed by atoms with van der Waals surface area (Å²) in [5, 5.41) is 13.2. The summed E-state index contributed by atoms with van der Waals surface area (Å²) in [5.41, 5.74) is 1.94. The Labute approximate surface area is 110 Å². The van der Waals surface area contributed by atoms with Crippen LogP contribution in [0, 0.1) is 12.8 Å². The van der Waals surface area contributed by atoms with E-state index < -0.39 is 0 Å². The third-order valence-corrected chi connectivity index (χ3v) is 4.07. The van der Waals surface area contributed by atoms with Gasteiger partial charge in [0.25, 0.3) is 0 Å². The fourth-order valence-corrected chi connectivity index (χ4v) is 2.61. The minimum Gasteiger partial charge on any atom is -0.508 e. The average molecular weight is 248 g/mol. The van der Waals surface area contributed by atoms with Gasteiger partial charge in [-0.3, -0.25) is 0 Å². The molecule has 1 unspecified atom stereocenters.